The predicted octanol–water partition coefficient (Wildman–Crippen LogP) is 1.53. The van der Waals surface area contributed by atoms with E-state index in [1.54, 1.807) is 7.11 Å². The van der Waals surface area contributed by atoms with Gasteiger partial charge in [-0.3, -0.25) is 4.79 Å². The molecule has 0 aliphatic heterocycles. The van der Waals surface area contributed by atoms with Gasteiger partial charge < -0.3 is 19.7 Å². The van der Waals surface area contributed by atoms with Crippen molar-refractivity contribution in [2.24, 2.45) is 0 Å². The van der Waals surface area contributed by atoms with Crippen molar-refractivity contribution in [3.8, 4) is 11.8 Å². The summed E-state index contributed by atoms with van der Waals surface area (Å²) in [7, 11) is 1.57. The zero-order chi connectivity index (χ0) is 15.9. The minimum absolute atomic E-state index is 0.146. The van der Waals surface area contributed by atoms with Crippen LogP contribution in [0.25, 0.3) is 0 Å². The SMILES string of the molecule is COc1ccccc1CN(CCO)C(=O)c1cc(C#N)c[nH]1. The number of carbonyl (C=O) groups excluding carboxylic acids is 1. The largest absolute Gasteiger partial charge is 0.496 e. The van der Waals surface area contributed by atoms with Crippen molar-refractivity contribution in [1.82, 2.24) is 9.88 Å². The number of para-hydroxylation sites is 1. The van der Waals surface area contributed by atoms with Gasteiger partial charge in [0.1, 0.15) is 17.5 Å². The number of aliphatic hydroxyl groups is 1. The van der Waals surface area contributed by atoms with Gasteiger partial charge in [0.25, 0.3) is 5.91 Å². The highest BCUT2D eigenvalue weighted by Crippen LogP contribution is 2.20. The molecule has 2 N–H and O–H groups in total. The standard InChI is InChI=1S/C16H17N3O3/c1-22-15-5-3-2-4-13(15)11-19(6-7-20)16(21)14-8-12(9-17)10-18-14/h2-5,8,10,18,20H,6-7,11H2,1H3. The van der Waals surface area contributed by atoms with Gasteiger partial charge in [0.2, 0.25) is 0 Å². The Morgan fingerprint density at radius 1 is 1.45 bits per heavy atom. The maximum Gasteiger partial charge on any atom is 0.270 e. The molecule has 114 valence electrons. The number of nitriles is 1. The Hall–Kier alpha value is -2.78. The summed E-state index contributed by atoms with van der Waals surface area (Å²) in [4.78, 5) is 16.8. The van der Waals surface area contributed by atoms with Gasteiger partial charge in [0, 0.05) is 24.8 Å². The van der Waals surface area contributed by atoms with Gasteiger partial charge in [-0.15, -0.1) is 0 Å². The average molecular weight is 299 g/mol. The van der Waals surface area contributed by atoms with E-state index in [0.29, 0.717) is 23.6 Å². The molecule has 6 nitrogen and oxygen atoms in total. The summed E-state index contributed by atoms with van der Waals surface area (Å²) < 4.78 is 5.28. The van der Waals surface area contributed by atoms with Crippen LogP contribution in [-0.2, 0) is 6.54 Å². The molecular formula is C16H17N3O3. The molecule has 2 aromatic rings. The summed E-state index contributed by atoms with van der Waals surface area (Å²) in [5.41, 5.74) is 1.56. The predicted molar refractivity (Wildman–Crippen MR) is 80.3 cm³/mol. The molecule has 1 amide bonds. The van der Waals surface area contributed by atoms with Gasteiger partial charge in [0.15, 0.2) is 0 Å². The highest BCUT2D eigenvalue weighted by molar-refractivity contribution is 5.92. The lowest BCUT2D eigenvalue weighted by atomic mass is 10.1. The molecule has 6 heteroatoms. The van der Waals surface area contributed by atoms with Crippen LogP contribution in [0.2, 0.25) is 0 Å². The zero-order valence-corrected chi connectivity index (χ0v) is 12.2. The van der Waals surface area contributed by atoms with Crippen LogP contribution in [-0.4, -0.2) is 41.2 Å². The minimum Gasteiger partial charge on any atom is -0.496 e. The number of nitrogens with one attached hydrogen (secondary N) is 1. The number of hydrogen-bond donors (Lipinski definition) is 2. The molecule has 22 heavy (non-hydrogen) atoms. The second-order valence-electron chi connectivity index (χ2n) is 4.68. The molecular weight excluding hydrogens is 282 g/mol. The fourth-order valence-corrected chi connectivity index (χ4v) is 2.17. The quantitative estimate of drug-likeness (QED) is 0.846. The first-order valence-electron chi connectivity index (χ1n) is 6.80. The van der Waals surface area contributed by atoms with Gasteiger partial charge in [-0.1, -0.05) is 18.2 Å². The van der Waals surface area contributed by atoms with Crippen molar-refractivity contribution in [2.45, 2.75) is 6.54 Å². The summed E-state index contributed by atoms with van der Waals surface area (Å²) in [6.45, 7) is 0.356. The Balaban J connectivity index is 2.22. The van der Waals surface area contributed by atoms with Crippen LogP contribution in [0.1, 0.15) is 21.6 Å². The molecule has 0 aliphatic carbocycles. The molecule has 0 fully saturated rings. The van der Waals surface area contributed by atoms with E-state index in [9.17, 15) is 9.90 Å². The third-order valence-electron chi connectivity index (χ3n) is 3.25. The summed E-state index contributed by atoms with van der Waals surface area (Å²) in [5, 5.41) is 18.0. The highest BCUT2D eigenvalue weighted by Gasteiger charge is 2.18. The van der Waals surface area contributed by atoms with E-state index in [-0.39, 0.29) is 19.1 Å². The van der Waals surface area contributed by atoms with Crippen LogP contribution in [0, 0.1) is 11.3 Å². The third kappa shape index (κ3) is 3.45. The van der Waals surface area contributed by atoms with Gasteiger partial charge in [-0.2, -0.15) is 5.26 Å². The summed E-state index contributed by atoms with van der Waals surface area (Å²) in [6, 6.07) is 10.9. The number of methoxy groups -OCH3 is 1. The van der Waals surface area contributed by atoms with Crippen molar-refractivity contribution in [1.29, 1.82) is 5.26 Å². The molecule has 0 atom stereocenters. The van der Waals surface area contributed by atoms with E-state index in [1.807, 2.05) is 30.3 Å². The summed E-state index contributed by atoms with van der Waals surface area (Å²) in [6.07, 6.45) is 1.48. The number of hydrogen-bond acceptors (Lipinski definition) is 4. The summed E-state index contributed by atoms with van der Waals surface area (Å²) in [5.74, 6) is 0.406. The topological polar surface area (TPSA) is 89.3 Å². The first-order valence-corrected chi connectivity index (χ1v) is 6.80. The average Bonchev–Trinajstić information content (AvgIpc) is 3.03. The van der Waals surface area contributed by atoms with Crippen molar-refractivity contribution in [2.75, 3.05) is 20.3 Å². The van der Waals surface area contributed by atoms with E-state index in [2.05, 4.69) is 4.98 Å². The van der Waals surface area contributed by atoms with E-state index in [1.165, 1.54) is 17.2 Å². The highest BCUT2D eigenvalue weighted by atomic mass is 16.5. The van der Waals surface area contributed by atoms with Crippen molar-refractivity contribution in [3.05, 3.63) is 53.3 Å². The second kappa shape index (κ2) is 7.29. The number of benzene rings is 1. The number of H-pyrrole nitrogens is 1. The Morgan fingerprint density at radius 3 is 2.86 bits per heavy atom. The molecule has 2 rings (SSSR count). The molecule has 1 aromatic heterocycles. The van der Waals surface area contributed by atoms with Gasteiger partial charge in [0.05, 0.1) is 19.3 Å². The number of aromatic nitrogens is 1. The van der Waals surface area contributed by atoms with Gasteiger partial charge in [-0.05, 0) is 12.1 Å². The van der Waals surface area contributed by atoms with Crippen LogP contribution in [0.4, 0.5) is 0 Å². The third-order valence-corrected chi connectivity index (χ3v) is 3.25. The van der Waals surface area contributed by atoms with Crippen LogP contribution in [0.15, 0.2) is 36.5 Å². The van der Waals surface area contributed by atoms with Crippen LogP contribution in [0.3, 0.4) is 0 Å². The van der Waals surface area contributed by atoms with E-state index in [0.717, 1.165) is 5.56 Å². The minimum atomic E-state index is -0.276. The van der Waals surface area contributed by atoms with E-state index in [4.69, 9.17) is 10.00 Å². The number of nitrogens with zero attached hydrogens (tertiary/aromatic N) is 2. The Bertz CT molecular complexity index is 688. The fourth-order valence-electron chi connectivity index (χ4n) is 2.17. The van der Waals surface area contributed by atoms with Gasteiger partial charge in [-0.25, -0.2) is 0 Å². The molecule has 0 bridgehead atoms. The first-order chi connectivity index (χ1) is 10.7. The first kappa shape index (κ1) is 15.6. The van der Waals surface area contributed by atoms with E-state index >= 15 is 0 Å². The smallest absolute Gasteiger partial charge is 0.270 e. The lowest BCUT2D eigenvalue weighted by molar-refractivity contribution is 0.0701. The lowest BCUT2D eigenvalue weighted by Crippen LogP contribution is -2.33. The maximum absolute atomic E-state index is 12.5. The van der Waals surface area contributed by atoms with E-state index < -0.39 is 0 Å². The number of aromatic amines is 1. The number of amides is 1. The monoisotopic (exact) mass is 299 g/mol. The molecule has 0 radical (unpaired) electrons. The van der Waals surface area contributed by atoms with Crippen molar-refractivity contribution >= 4 is 5.91 Å². The second-order valence-corrected chi connectivity index (χ2v) is 4.68. The van der Waals surface area contributed by atoms with Crippen LogP contribution < -0.4 is 4.74 Å². The van der Waals surface area contributed by atoms with Gasteiger partial charge >= 0.3 is 0 Å². The van der Waals surface area contributed by atoms with Crippen LogP contribution in [0.5, 0.6) is 5.75 Å². The van der Waals surface area contributed by atoms with Crippen LogP contribution >= 0.6 is 0 Å². The molecule has 0 aliphatic rings. The fraction of sp³-hybridized carbons (Fsp3) is 0.250. The molecule has 0 spiro atoms. The Kier molecular flexibility index (Phi) is 5.17. The number of ether oxygens (including phenoxy) is 1. The Labute approximate surface area is 128 Å². The summed E-state index contributed by atoms with van der Waals surface area (Å²) >= 11 is 0. The maximum atomic E-state index is 12.5. The molecule has 1 aromatic carbocycles. The van der Waals surface area contributed by atoms with Crippen molar-refractivity contribution in [3.63, 3.8) is 0 Å². The molecule has 0 unspecified atom stereocenters. The zero-order valence-electron chi connectivity index (χ0n) is 12.2. The number of carbonyl (C=O) groups is 1. The van der Waals surface area contributed by atoms with Crippen molar-refractivity contribution < 1.29 is 14.6 Å². The number of rotatable bonds is 6. The molecule has 0 saturated heterocycles. The Morgan fingerprint density at radius 2 is 2.23 bits per heavy atom. The normalized spacial score (nSPS) is 10.0. The molecule has 1 heterocycles. The lowest BCUT2D eigenvalue weighted by Gasteiger charge is -2.22. The molecule has 0 saturated carbocycles. The number of aliphatic hydroxyl groups excluding tert-OH is 1.